The van der Waals surface area contributed by atoms with Crippen LogP contribution in [0.5, 0.6) is 0 Å². The van der Waals surface area contributed by atoms with Gasteiger partial charge in [0.15, 0.2) is 0 Å². The third-order valence-corrected chi connectivity index (χ3v) is 6.63. The molecule has 2 aliphatic rings. The molecule has 1 heterocycles. The third kappa shape index (κ3) is 5.98. The molecule has 1 saturated heterocycles. The van der Waals surface area contributed by atoms with Gasteiger partial charge in [-0.05, 0) is 50.0 Å². The number of nitriles is 1. The molecular weight excluding hydrogens is 405 g/mol. The maximum Gasteiger partial charge on any atom is 0.416 e. The largest absolute Gasteiger partial charge is 0.416 e. The normalized spacial score (nSPS) is 20.6. The molecule has 0 N–H and O–H groups in total. The number of hydrogen-bond donors (Lipinski definition) is 0. The second kappa shape index (κ2) is 10.0. The van der Waals surface area contributed by atoms with Crippen molar-refractivity contribution < 1.29 is 18.0 Å². The van der Waals surface area contributed by atoms with Crippen molar-refractivity contribution in [1.29, 1.82) is 5.26 Å². The summed E-state index contributed by atoms with van der Waals surface area (Å²) in [4.78, 5) is 18.9. The van der Waals surface area contributed by atoms with Gasteiger partial charge in [-0.1, -0.05) is 31.4 Å². The van der Waals surface area contributed by atoms with Crippen LogP contribution in [0.25, 0.3) is 0 Å². The van der Waals surface area contributed by atoms with Crippen molar-refractivity contribution in [2.45, 2.75) is 56.8 Å². The predicted octanol–water partition coefficient (Wildman–Crippen LogP) is 3.90. The van der Waals surface area contributed by atoms with E-state index in [4.69, 9.17) is 0 Å². The minimum Gasteiger partial charge on any atom is -0.326 e. The van der Waals surface area contributed by atoms with Gasteiger partial charge in [-0.15, -0.1) is 0 Å². The van der Waals surface area contributed by atoms with Crippen LogP contribution in [-0.4, -0.2) is 65.9 Å². The molecule has 1 aromatic rings. The molecule has 0 radical (unpaired) electrons. The van der Waals surface area contributed by atoms with E-state index in [0.29, 0.717) is 13.1 Å². The maximum atomic E-state index is 12.9. The van der Waals surface area contributed by atoms with Crippen LogP contribution in [-0.2, 0) is 17.5 Å². The number of halogens is 3. The highest BCUT2D eigenvalue weighted by molar-refractivity contribution is 5.79. The smallest absolute Gasteiger partial charge is 0.326 e. The first-order chi connectivity index (χ1) is 14.7. The third-order valence-electron chi connectivity index (χ3n) is 6.63. The maximum absolute atomic E-state index is 12.9. The molecule has 170 valence electrons. The zero-order chi connectivity index (χ0) is 22.5. The van der Waals surface area contributed by atoms with E-state index in [-0.39, 0.29) is 5.91 Å². The summed E-state index contributed by atoms with van der Waals surface area (Å²) in [6.07, 6.45) is 1.14. The van der Waals surface area contributed by atoms with Crippen LogP contribution in [0, 0.1) is 11.3 Å². The van der Waals surface area contributed by atoms with E-state index in [0.717, 1.165) is 82.4 Å². The van der Waals surface area contributed by atoms with E-state index in [1.807, 2.05) is 0 Å². The molecule has 8 heteroatoms. The molecule has 3 rings (SSSR count). The van der Waals surface area contributed by atoms with Crippen LogP contribution in [0.1, 0.15) is 49.7 Å². The summed E-state index contributed by atoms with van der Waals surface area (Å²) in [5.41, 5.74) is -0.449. The van der Waals surface area contributed by atoms with Crippen molar-refractivity contribution in [3.8, 4) is 6.07 Å². The molecule has 2 fully saturated rings. The quantitative estimate of drug-likeness (QED) is 0.703. The minimum atomic E-state index is -4.32. The summed E-state index contributed by atoms with van der Waals surface area (Å²) in [5.74, 6) is -0.0142. The summed E-state index contributed by atoms with van der Waals surface area (Å²) in [7, 11) is 1.76. The van der Waals surface area contributed by atoms with E-state index in [9.17, 15) is 23.2 Å². The fourth-order valence-corrected chi connectivity index (χ4v) is 4.59. The van der Waals surface area contributed by atoms with E-state index < -0.39 is 17.3 Å². The van der Waals surface area contributed by atoms with Crippen molar-refractivity contribution in [1.82, 2.24) is 14.7 Å². The standard InChI is InChI=1S/C23H31F3N4O/c1-28(22(18-27)10-3-2-4-11-22)21(31)17-30-13-5-12-29(14-15-30)16-19-6-8-20(9-7-19)23(24,25)26/h6-9H,2-5,10-17H2,1H3. The Bertz CT molecular complexity index is 781. The first-order valence-electron chi connectivity index (χ1n) is 11.0. The SMILES string of the molecule is CN(C(=O)CN1CCCN(Cc2ccc(C(F)(F)F)cc2)CC1)C1(C#N)CCCCC1. The van der Waals surface area contributed by atoms with E-state index in [1.54, 1.807) is 11.9 Å². The number of rotatable bonds is 5. The minimum absolute atomic E-state index is 0.0142. The summed E-state index contributed by atoms with van der Waals surface area (Å²) in [5, 5.41) is 9.72. The molecule has 31 heavy (non-hydrogen) atoms. The second-order valence-corrected chi connectivity index (χ2v) is 8.76. The van der Waals surface area contributed by atoms with Gasteiger partial charge in [0.2, 0.25) is 5.91 Å². The van der Waals surface area contributed by atoms with Crippen molar-refractivity contribution in [2.24, 2.45) is 0 Å². The lowest BCUT2D eigenvalue weighted by atomic mass is 9.81. The highest BCUT2D eigenvalue weighted by atomic mass is 19.4. The number of hydrogen-bond acceptors (Lipinski definition) is 4. The topological polar surface area (TPSA) is 50.6 Å². The molecule has 5 nitrogen and oxygen atoms in total. The molecule has 0 bridgehead atoms. The number of likely N-dealkylation sites (N-methyl/N-ethyl adjacent to an activating group) is 1. The highest BCUT2D eigenvalue weighted by Gasteiger charge is 2.39. The summed E-state index contributed by atoms with van der Waals surface area (Å²) in [6.45, 7) is 4.00. The molecular formula is C23H31F3N4O. The van der Waals surface area contributed by atoms with Crippen molar-refractivity contribution in [3.05, 3.63) is 35.4 Å². The molecule has 1 aliphatic heterocycles. The van der Waals surface area contributed by atoms with Gasteiger partial charge in [0.25, 0.3) is 0 Å². The van der Waals surface area contributed by atoms with Gasteiger partial charge in [-0.25, -0.2) is 0 Å². The number of carbonyl (C=O) groups is 1. The van der Waals surface area contributed by atoms with E-state index >= 15 is 0 Å². The van der Waals surface area contributed by atoms with Gasteiger partial charge < -0.3 is 4.90 Å². The Hall–Kier alpha value is -2.11. The molecule has 0 spiro atoms. The van der Waals surface area contributed by atoms with Crippen LogP contribution in [0.4, 0.5) is 13.2 Å². The fraction of sp³-hybridized carbons (Fsp3) is 0.652. The van der Waals surface area contributed by atoms with E-state index in [2.05, 4.69) is 15.9 Å². The zero-order valence-electron chi connectivity index (χ0n) is 18.1. The lowest BCUT2D eigenvalue weighted by molar-refractivity contribution is -0.138. The molecule has 1 saturated carbocycles. The Labute approximate surface area is 182 Å². The van der Waals surface area contributed by atoms with Crippen LogP contribution >= 0.6 is 0 Å². The van der Waals surface area contributed by atoms with Gasteiger partial charge in [0.1, 0.15) is 5.54 Å². The van der Waals surface area contributed by atoms with E-state index in [1.165, 1.54) is 12.1 Å². The molecule has 1 amide bonds. The van der Waals surface area contributed by atoms with Gasteiger partial charge >= 0.3 is 6.18 Å². The molecule has 0 aromatic heterocycles. The van der Waals surface area contributed by atoms with Crippen LogP contribution in [0.3, 0.4) is 0 Å². The second-order valence-electron chi connectivity index (χ2n) is 8.76. The molecule has 0 unspecified atom stereocenters. The Morgan fingerprint density at radius 2 is 1.65 bits per heavy atom. The molecule has 1 aliphatic carbocycles. The summed E-state index contributed by atoms with van der Waals surface area (Å²) >= 11 is 0. The van der Waals surface area contributed by atoms with Gasteiger partial charge in [0, 0.05) is 26.7 Å². The number of amides is 1. The Balaban J connectivity index is 1.51. The van der Waals surface area contributed by atoms with Gasteiger partial charge in [-0.2, -0.15) is 18.4 Å². The Morgan fingerprint density at radius 3 is 2.26 bits per heavy atom. The number of nitrogens with zero attached hydrogens (tertiary/aromatic N) is 4. The monoisotopic (exact) mass is 436 g/mol. The molecule has 1 aromatic carbocycles. The summed E-state index contributed by atoms with van der Waals surface area (Å²) < 4.78 is 38.2. The van der Waals surface area contributed by atoms with Crippen LogP contribution in [0.2, 0.25) is 0 Å². The first-order valence-corrected chi connectivity index (χ1v) is 11.0. The lowest BCUT2D eigenvalue weighted by Crippen LogP contribution is -2.52. The summed E-state index contributed by atoms with van der Waals surface area (Å²) in [6, 6.07) is 7.74. The number of benzene rings is 1. The Kier molecular flexibility index (Phi) is 7.60. The average molecular weight is 437 g/mol. The highest BCUT2D eigenvalue weighted by Crippen LogP contribution is 2.32. The van der Waals surface area contributed by atoms with Crippen molar-refractivity contribution in [2.75, 3.05) is 39.8 Å². The number of carbonyl (C=O) groups excluding carboxylic acids is 1. The average Bonchev–Trinajstić information content (AvgIpc) is 2.98. The Morgan fingerprint density at radius 1 is 1.03 bits per heavy atom. The first kappa shape index (κ1) is 23.6. The van der Waals surface area contributed by atoms with Crippen molar-refractivity contribution >= 4 is 5.91 Å². The number of alkyl halides is 3. The zero-order valence-corrected chi connectivity index (χ0v) is 18.1. The lowest BCUT2D eigenvalue weighted by Gasteiger charge is -2.39. The van der Waals surface area contributed by atoms with Crippen LogP contribution in [0.15, 0.2) is 24.3 Å². The van der Waals surface area contributed by atoms with Gasteiger partial charge in [-0.3, -0.25) is 14.6 Å². The van der Waals surface area contributed by atoms with Gasteiger partial charge in [0.05, 0.1) is 18.2 Å². The van der Waals surface area contributed by atoms with Crippen LogP contribution < -0.4 is 0 Å². The fourth-order valence-electron chi connectivity index (χ4n) is 4.59. The molecule has 0 atom stereocenters. The van der Waals surface area contributed by atoms with Crippen molar-refractivity contribution in [3.63, 3.8) is 0 Å². The predicted molar refractivity (Wildman–Crippen MR) is 112 cm³/mol.